The van der Waals surface area contributed by atoms with Crippen LogP contribution in [0.3, 0.4) is 0 Å². The summed E-state index contributed by atoms with van der Waals surface area (Å²) in [5.74, 6) is -3.41. The maximum atomic E-state index is 13.5. The topological polar surface area (TPSA) is 29.5 Å². The average Bonchev–Trinajstić information content (AvgIpc) is 2.71. The number of hydrogen-bond donors (Lipinski definition) is 1. The second kappa shape index (κ2) is 4.31. The third-order valence-corrected chi connectivity index (χ3v) is 3.16. The van der Waals surface area contributed by atoms with E-state index in [0.717, 1.165) is 6.42 Å². The lowest BCUT2D eigenvalue weighted by Crippen LogP contribution is -2.32. The molecule has 94 valence electrons. The van der Waals surface area contributed by atoms with Gasteiger partial charge in [-0.15, -0.1) is 0 Å². The van der Waals surface area contributed by atoms with Gasteiger partial charge in [0, 0.05) is 18.2 Å². The molecule has 2 nitrogen and oxygen atoms in total. The van der Waals surface area contributed by atoms with Gasteiger partial charge in [0.2, 0.25) is 0 Å². The predicted molar refractivity (Wildman–Crippen MR) is 54.9 cm³/mol. The van der Waals surface area contributed by atoms with Crippen LogP contribution in [-0.2, 0) is 4.74 Å². The highest BCUT2D eigenvalue weighted by atomic mass is 19.2. The summed E-state index contributed by atoms with van der Waals surface area (Å²) in [7, 11) is 0. The van der Waals surface area contributed by atoms with Crippen molar-refractivity contribution in [3.05, 3.63) is 35.1 Å². The molecule has 0 radical (unpaired) electrons. The van der Waals surface area contributed by atoms with Crippen LogP contribution in [0.25, 0.3) is 0 Å². The minimum absolute atomic E-state index is 0.270. The molecule has 1 aromatic rings. The molecule has 5 heteroatoms. The van der Waals surface area contributed by atoms with E-state index in [9.17, 15) is 18.3 Å². The Morgan fingerprint density at radius 2 is 1.88 bits per heavy atom. The van der Waals surface area contributed by atoms with Crippen molar-refractivity contribution < 1.29 is 23.0 Å². The molecule has 2 atom stereocenters. The fourth-order valence-corrected chi connectivity index (χ4v) is 2.09. The maximum Gasteiger partial charge on any atom is 0.161 e. The number of ether oxygens (including phenoxy) is 1. The average molecular weight is 246 g/mol. The van der Waals surface area contributed by atoms with E-state index in [-0.39, 0.29) is 5.56 Å². The standard InChI is InChI=1S/C12H13F3O2/c1-12(3-2-4-17-12)11(16)7-5-9(14)10(15)6-8(7)13/h5-6,11,16H,2-4H2,1H3. The number of rotatable bonds is 2. The maximum absolute atomic E-state index is 13.5. The van der Waals surface area contributed by atoms with E-state index in [2.05, 4.69) is 0 Å². The van der Waals surface area contributed by atoms with Gasteiger partial charge in [0.05, 0.1) is 5.60 Å². The van der Waals surface area contributed by atoms with Gasteiger partial charge >= 0.3 is 0 Å². The number of aliphatic hydroxyl groups excluding tert-OH is 1. The van der Waals surface area contributed by atoms with Crippen LogP contribution in [0.4, 0.5) is 13.2 Å². The van der Waals surface area contributed by atoms with E-state index in [4.69, 9.17) is 4.74 Å². The van der Waals surface area contributed by atoms with Crippen molar-refractivity contribution in [1.82, 2.24) is 0 Å². The molecule has 0 bridgehead atoms. The Balaban J connectivity index is 2.36. The van der Waals surface area contributed by atoms with Gasteiger partial charge in [0.25, 0.3) is 0 Å². The summed E-state index contributed by atoms with van der Waals surface area (Å²) in [6.45, 7) is 2.10. The van der Waals surface area contributed by atoms with E-state index < -0.39 is 29.2 Å². The van der Waals surface area contributed by atoms with Crippen molar-refractivity contribution in [2.24, 2.45) is 0 Å². The SMILES string of the molecule is CC1(C(O)c2cc(F)c(F)cc2F)CCCO1. The zero-order valence-corrected chi connectivity index (χ0v) is 9.34. The fourth-order valence-electron chi connectivity index (χ4n) is 2.09. The highest BCUT2D eigenvalue weighted by Gasteiger charge is 2.39. The smallest absolute Gasteiger partial charge is 0.161 e. The molecule has 1 fully saturated rings. The third kappa shape index (κ3) is 2.17. The van der Waals surface area contributed by atoms with E-state index in [0.29, 0.717) is 25.2 Å². The van der Waals surface area contributed by atoms with Crippen molar-refractivity contribution in [2.45, 2.75) is 31.5 Å². The van der Waals surface area contributed by atoms with E-state index in [1.807, 2.05) is 0 Å². The summed E-state index contributed by atoms with van der Waals surface area (Å²) in [5.41, 5.74) is -1.21. The summed E-state index contributed by atoms with van der Waals surface area (Å²) < 4.78 is 44.6. The van der Waals surface area contributed by atoms with Gasteiger partial charge in [-0.2, -0.15) is 0 Å². The van der Waals surface area contributed by atoms with Gasteiger partial charge in [-0.05, 0) is 25.8 Å². The summed E-state index contributed by atoms with van der Waals surface area (Å²) in [6, 6.07) is 1.12. The van der Waals surface area contributed by atoms with Gasteiger partial charge < -0.3 is 9.84 Å². The lowest BCUT2D eigenvalue weighted by Gasteiger charge is -2.29. The molecule has 1 aliphatic rings. The molecule has 2 rings (SSSR count). The van der Waals surface area contributed by atoms with Gasteiger partial charge in [0.15, 0.2) is 11.6 Å². The molecule has 1 saturated heterocycles. The Hall–Kier alpha value is -1.07. The van der Waals surface area contributed by atoms with E-state index in [1.165, 1.54) is 0 Å². The van der Waals surface area contributed by atoms with E-state index >= 15 is 0 Å². The highest BCUT2D eigenvalue weighted by molar-refractivity contribution is 5.24. The molecule has 0 spiro atoms. The first-order chi connectivity index (χ1) is 7.94. The molecule has 1 aliphatic heterocycles. The molecular formula is C12H13F3O2. The van der Waals surface area contributed by atoms with Gasteiger partial charge in [-0.1, -0.05) is 0 Å². The normalized spacial score (nSPS) is 26.2. The van der Waals surface area contributed by atoms with Crippen molar-refractivity contribution in [1.29, 1.82) is 0 Å². The number of aliphatic hydroxyl groups is 1. The molecule has 0 aliphatic carbocycles. The van der Waals surface area contributed by atoms with Crippen LogP contribution >= 0.6 is 0 Å². The van der Waals surface area contributed by atoms with Crippen molar-refractivity contribution >= 4 is 0 Å². The molecule has 0 amide bonds. The Morgan fingerprint density at radius 3 is 2.47 bits per heavy atom. The lowest BCUT2D eigenvalue weighted by molar-refractivity contribution is -0.0810. The molecule has 17 heavy (non-hydrogen) atoms. The highest BCUT2D eigenvalue weighted by Crippen LogP contribution is 2.38. The zero-order valence-electron chi connectivity index (χ0n) is 9.34. The van der Waals surface area contributed by atoms with Crippen LogP contribution in [0, 0.1) is 17.5 Å². The first-order valence-corrected chi connectivity index (χ1v) is 5.40. The first kappa shape index (κ1) is 12.4. The van der Waals surface area contributed by atoms with Crippen molar-refractivity contribution in [2.75, 3.05) is 6.61 Å². The number of halogens is 3. The summed E-state index contributed by atoms with van der Waals surface area (Å²) in [6.07, 6.45) is -0.00838. The van der Waals surface area contributed by atoms with Gasteiger partial charge in [0.1, 0.15) is 11.9 Å². The molecule has 1 heterocycles. The minimum Gasteiger partial charge on any atom is -0.385 e. The first-order valence-electron chi connectivity index (χ1n) is 5.40. The lowest BCUT2D eigenvalue weighted by atomic mass is 9.90. The Kier molecular flexibility index (Phi) is 3.14. The van der Waals surface area contributed by atoms with Crippen molar-refractivity contribution in [3.63, 3.8) is 0 Å². The molecule has 0 aromatic heterocycles. The zero-order chi connectivity index (χ0) is 12.6. The number of hydrogen-bond acceptors (Lipinski definition) is 2. The van der Waals surface area contributed by atoms with Gasteiger partial charge in [-0.25, -0.2) is 13.2 Å². The van der Waals surface area contributed by atoms with E-state index in [1.54, 1.807) is 6.92 Å². The quantitative estimate of drug-likeness (QED) is 0.813. The summed E-state index contributed by atoms with van der Waals surface area (Å²) in [5, 5.41) is 10.0. The van der Waals surface area contributed by atoms with Gasteiger partial charge in [-0.3, -0.25) is 0 Å². The Morgan fingerprint density at radius 1 is 1.24 bits per heavy atom. The van der Waals surface area contributed by atoms with Crippen LogP contribution in [0.2, 0.25) is 0 Å². The Bertz CT molecular complexity index is 428. The largest absolute Gasteiger partial charge is 0.385 e. The van der Waals surface area contributed by atoms with Crippen LogP contribution < -0.4 is 0 Å². The second-order valence-corrected chi connectivity index (χ2v) is 4.46. The van der Waals surface area contributed by atoms with Crippen molar-refractivity contribution in [3.8, 4) is 0 Å². The number of benzene rings is 1. The van der Waals surface area contributed by atoms with Crippen LogP contribution in [0.1, 0.15) is 31.4 Å². The molecular weight excluding hydrogens is 233 g/mol. The minimum atomic E-state index is -1.31. The summed E-state index contributed by atoms with van der Waals surface area (Å²) >= 11 is 0. The van der Waals surface area contributed by atoms with Crippen LogP contribution in [-0.4, -0.2) is 17.3 Å². The Labute approximate surface area is 97.0 Å². The summed E-state index contributed by atoms with van der Waals surface area (Å²) in [4.78, 5) is 0. The molecule has 1 N–H and O–H groups in total. The monoisotopic (exact) mass is 246 g/mol. The fraction of sp³-hybridized carbons (Fsp3) is 0.500. The molecule has 2 unspecified atom stereocenters. The third-order valence-electron chi connectivity index (χ3n) is 3.16. The predicted octanol–water partition coefficient (Wildman–Crippen LogP) is 2.71. The second-order valence-electron chi connectivity index (χ2n) is 4.46. The molecule has 0 saturated carbocycles. The molecule has 1 aromatic carbocycles. The van der Waals surface area contributed by atoms with Crippen LogP contribution in [0.5, 0.6) is 0 Å². The van der Waals surface area contributed by atoms with Crippen LogP contribution in [0.15, 0.2) is 12.1 Å².